The van der Waals surface area contributed by atoms with Crippen molar-refractivity contribution in [3.05, 3.63) is 65.0 Å². The van der Waals surface area contributed by atoms with Crippen LogP contribution < -0.4 is 10.6 Å². The number of hydrogen-bond acceptors (Lipinski definition) is 4. The third kappa shape index (κ3) is 3.01. The summed E-state index contributed by atoms with van der Waals surface area (Å²) in [5, 5.41) is 11.5. The van der Waals surface area contributed by atoms with E-state index in [4.69, 9.17) is 4.52 Å². The molecule has 27 heavy (non-hydrogen) atoms. The van der Waals surface area contributed by atoms with Crippen molar-refractivity contribution in [2.45, 2.75) is 32.9 Å². The number of nitrogens with zero attached hydrogens (tertiary/aromatic N) is 1. The highest BCUT2D eigenvalue weighted by molar-refractivity contribution is 5.91. The summed E-state index contributed by atoms with van der Waals surface area (Å²) < 4.78 is 5.40. The zero-order valence-electron chi connectivity index (χ0n) is 15.6. The van der Waals surface area contributed by atoms with Gasteiger partial charge in [-0.05, 0) is 55.9 Å². The molecule has 1 aliphatic heterocycles. The summed E-state index contributed by atoms with van der Waals surface area (Å²) in [6.45, 7) is 3.97. The lowest BCUT2D eigenvalue weighted by Crippen LogP contribution is -2.24. The topological polar surface area (TPSA) is 50.1 Å². The van der Waals surface area contributed by atoms with Crippen LogP contribution in [0.3, 0.4) is 0 Å². The molecule has 1 saturated carbocycles. The Bertz CT molecular complexity index is 996. The fourth-order valence-electron chi connectivity index (χ4n) is 3.88. The first-order chi connectivity index (χ1) is 13.2. The molecule has 0 saturated heterocycles. The Morgan fingerprint density at radius 1 is 1.04 bits per heavy atom. The molecule has 2 N–H and O–H groups in total. The largest absolute Gasteiger partial charge is 0.363 e. The van der Waals surface area contributed by atoms with E-state index in [1.54, 1.807) is 0 Å². The van der Waals surface area contributed by atoms with Gasteiger partial charge in [0.15, 0.2) is 0 Å². The van der Waals surface area contributed by atoms with Gasteiger partial charge in [-0.15, -0.1) is 0 Å². The number of aromatic nitrogens is 1. The molecule has 2 aliphatic rings. The SMILES string of the molecule is Cc1noc(C)c1-c1cc(/C=C/c2ccccc2)c2c(c1)NC(C1CC1)N2. The summed E-state index contributed by atoms with van der Waals surface area (Å²) in [4.78, 5) is 0. The van der Waals surface area contributed by atoms with Crippen molar-refractivity contribution in [1.29, 1.82) is 0 Å². The first-order valence-electron chi connectivity index (χ1n) is 9.56. The van der Waals surface area contributed by atoms with Gasteiger partial charge >= 0.3 is 0 Å². The zero-order valence-corrected chi connectivity index (χ0v) is 15.6. The summed E-state index contributed by atoms with van der Waals surface area (Å²) in [6, 6.07) is 14.9. The van der Waals surface area contributed by atoms with Gasteiger partial charge in [0.25, 0.3) is 0 Å². The third-order valence-corrected chi connectivity index (χ3v) is 5.45. The van der Waals surface area contributed by atoms with Crippen molar-refractivity contribution in [3.8, 4) is 11.1 Å². The van der Waals surface area contributed by atoms with Crippen LogP contribution in [0, 0.1) is 19.8 Å². The van der Waals surface area contributed by atoms with E-state index < -0.39 is 0 Å². The summed E-state index contributed by atoms with van der Waals surface area (Å²) in [6.07, 6.45) is 7.29. The van der Waals surface area contributed by atoms with Crippen molar-refractivity contribution in [2.75, 3.05) is 10.6 Å². The van der Waals surface area contributed by atoms with E-state index in [-0.39, 0.29) is 0 Å². The lowest BCUT2D eigenvalue weighted by Gasteiger charge is -2.10. The summed E-state index contributed by atoms with van der Waals surface area (Å²) >= 11 is 0. The lowest BCUT2D eigenvalue weighted by atomic mass is 9.99. The Balaban J connectivity index is 1.59. The quantitative estimate of drug-likeness (QED) is 0.588. The average molecular weight is 357 g/mol. The Morgan fingerprint density at radius 3 is 2.56 bits per heavy atom. The highest BCUT2D eigenvalue weighted by Gasteiger charge is 2.36. The minimum Gasteiger partial charge on any atom is -0.363 e. The highest BCUT2D eigenvalue weighted by atomic mass is 16.5. The maximum atomic E-state index is 5.40. The summed E-state index contributed by atoms with van der Waals surface area (Å²) in [7, 11) is 0. The predicted octanol–water partition coefficient (Wildman–Crippen LogP) is 5.70. The number of rotatable bonds is 4. The number of anilines is 2. The molecule has 0 radical (unpaired) electrons. The normalized spacial score (nSPS) is 18.4. The van der Waals surface area contributed by atoms with Gasteiger partial charge in [-0.1, -0.05) is 47.6 Å². The molecule has 1 unspecified atom stereocenters. The maximum Gasteiger partial charge on any atom is 0.141 e. The second kappa shape index (κ2) is 6.31. The molecule has 3 aromatic rings. The lowest BCUT2D eigenvalue weighted by molar-refractivity contribution is 0.393. The van der Waals surface area contributed by atoms with Crippen molar-refractivity contribution < 1.29 is 4.52 Å². The standard InChI is InChI=1S/C23H23N3O/c1-14-21(15(2)27-26-14)19-12-18(9-8-16-6-4-3-5-7-16)22-20(13-19)24-23(25-22)17-10-11-17/h3-9,12-13,17,23-25H,10-11H2,1-2H3/b9-8+. The van der Waals surface area contributed by atoms with Crippen LogP contribution in [0.4, 0.5) is 11.4 Å². The fraction of sp³-hybridized carbons (Fsp3) is 0.261. The second-order valence-electron chi connectivity index (χ2n) is 7.53. The van der Waals surface area contributed by atoms with Gasteiger partial charge in [-0.2, -0.15) is 0 Å². The van der Waals surface area contributed by atoms with E-state index >= 15 is 0 Å². The van der Waals surface area contributed by atoms with Crippen LogP contribution in [-0.4, -0.2) is 11.3 Å². The molecular weight excluding hydrogens is 334 g/mol. The molecule has 0 bridgehead atoms. The van der Waals surface area contributed by atoms with E-state index in [1.165, 1.54) is 29.7 Å². The number of fused-ring (bicyclic) bond motifs is 1. The van der Waals surface area contributed by atoms with E-state index in [0.717, 1.165) is 34.2 Å². The third-order valence-electron chi connectivity index (χ3n) is 5.45. The van der Waals surface area contributed by atoms with E-state index in [0.29, 0.717) is 6.17 Å². The second-order valence-corrected chi connectivity index (χ2v) is 7.53. The van der Waals surface area contributed by atoms with Crippen LogP contribution in [0.2, 0.25) is 0 Å². The number of hydrogen-bond donors (Lipinski definition) is 2. The fourth-order valence-corrected chi connectivity index (χ4v) is 3.88. The van der Waals surface area contributed by atoms with Crippen LogP contribution in [0.5, 0.6) is 0 Å². The molecule has 1 aromatic heterocycles. The molecule has 1 aliphatic carbocycles. The Labute approximate surface area is 159 Å². The van der Waals surface area contributed by atoms with E-state index in [9.17, 15) is 0 Å². The minimum absolute atomic E-state index is 0.337. The molecule has 4 nitrogen and oxygen atoms in total. The maximum absolute atomic E-state index is 5.40. The van der Waals surface area contributed by atoms with E-state index in [1.807, 2.05) is 19.9 Å². The van der Waals surface area contributed by atoms with Gasteiger partial charge in [0.2, 0.25) is 0 Å². The van der Waals surface area contributed by atoms with E-state index in [2.05, 4.69) is 64.3 Å². The zero-order chi connectivity index (χ0) is 18.4. The first kappa shape index (κ1) is 16.2. The molecule has 5 rings (SSSR count). The highest BCUT2D eigenvalue weighted by Crippen LogP contribution is 2.44. The van der Waals surface area contributed by atoms with Gasteiger partial charge in [-0.3, -0.25) is 0 Å². The van der Waals surface area contributed by atoms with Crippen molar-refractivity contribution >= 4 is 23.5 Å². The first-order valence-corrected chi connectivity index (χ1v) is 9.56. The monoisotopic (exact) mass is 357 g/mol. The van der Waals surface area contributed by atoms with Crippen LogP contribution in [-0.2, 0) is 0 Å². The van der Waals surface area contributed by atoms with Crippen LogP contribution in [0.15, 0.2) is 47.0 Å². The smallest absolute Gasteiger partial charge is 0.141 e. The number of aryl methyl sites for hydroxylation is 2. The molecule has 0 amide bonds. The predicted molar refractivity (Wildman–Crippen MR) is 111 cm³/mol. The van der Waals surface area contributed by atoms with Gasteiger partial charge in [0.05, 0.1) is 23.2 Å². The molecule has 1 fully saturated rings. The molecule has 2 aromatic carbocycles. The van der Waals surface area contributed by atoms with Crippen molar-refractivity contribution in [1.82, 2.24) is 5.16 Å². The molecular formula is C23H23N3O. The van der Waals surface area contributed by atoms with Crippen molar-refractivity contribution in [2.24, 2.45) is 5.92 Å². The molecule has 2 heterocycles. The van der Waals surface area contributed by atoms with Gasteiger partial charge in [0, 0.05) is 11.1 Å². The van der Waals surface area contributed by atoms with Crippen LogP contribution in [0.1, 0.15) is 35.4 Å². The minimum atomic E-state index is 0.337. The van der Waals surface area contributed by atoms with Crippen LogP contribution in [0.25, 0.3) is 23.3 Å². The molecule has 0 spiro atoms. The Kier molecular flexibility index (Phi) is 3.78. The molecule has 1 atom stereocenters. The Hall–Kier alpha value is -3.01. The van der Waals surface area contributed by atoms with Gasteiger partial charge in [-0.25, -0.2) is 0 Å². The van der Waals surface area contributed by atoms with Crippen molar-refractivity contribution in [3.63, 3.8) is 0 Å². The summed E-state index contributed by atoms with van der Waals surface area (Å²) in [5.74, 6) is 1.58. The van der Waals surface area contributed by atoms with Crippen LogP contribution >= 0.6 is 0 Å². The summed E-state index contributed by atoms with van der Waals surface area (Å²) in [5.41, 5.74) is 7.88. The number of nitrogens with one attached hydrogen (secondary N) is 2. The molecule has 4 heteroatoms. The Morgan fingerprint density at radius 2 is 1.85 bits per heavy atom. The average Bonchev–Trinajstić information content (AvgIpc) is 3.36. The van der Waals surface area contributed by atoms with Gasteiger partial charge in [0.1, 0.15) is 5.76 Å². The van der Waals surface area contributed by atoms with Gasteiger partial charge < -0.3 is 15.2 Å². The number of benzene rings is 2. The molecule has 136 valence electrons.